The van der Waals surface area contributed by atoms with Crippen LogP contribution in [0.3, 0.4) is 0 Å². The van der Waals surface area contributed by atoms with E-state index in [9.17, 15) is 43.2 Å². The molecule has 0 aromatic carbocycles. The van der Waals surface area contributed by atoms with E-state index in [-0.39, 0.29) is 25.7 Å². The number of aliphatic hydroxyl groups is 1. The van der Waals surface area contributed by atoms with Crippen LogP contribution in [0.1, 0.15) is 369 Å². The van der Waals surface area contributed by atoms with Gasteiger partial charge >= 0.3 is 39.5 Å². The first-order chi connectivity index (χ1) is 47.9. The summed E-state index contributed by atoms with van der Waals surface area (Å²) < 4.78 is 68.5. The van der Waals surface area contributed by atoms with Crippen molar-refractivity contribution >= 4 is 39.5 Å². The number of rotatable bonds is 75. The molecule has 0 amide bonds. The highest BCUT2D eigenvalue weighted by atomic mass is 31.2. The minimum atomic E-state index is -4.97. The molecule has 0 spiro atoms. The largest absolute Gasteiger partial charge is 0.472 e. The molecule has 5 atom stereocenters. The fourth-order valence-electron chi connectivity index (χ4n) is 11.3. The Morgan fingerprint density at radius 3 is 0.818 bits per heavy atom. The number of phosphoric acid groups is 2. The van der Waals surface area contributed by atoms with Gasteiger partial charge in [0.1, 0.15) is 19.3 Å². The van der Waals surface area contributed by atoms with E-state index in [0.29, 0.717) is 31.6 Å². The zero-order valence-corrected chi connectivity index (χ0v) is 65.6. The van der Waals surface area contributed by atoms with Crippen molar-refractivity contribution < 1.29 is 80.2 Å². The van der Waals surface area contributed by atoms with E-state index in [1.165, 1.54) is 154 Å². The normalized spacial score (nSPS) is 14.3. The molecule has 0 radical (unpaired) electrons. The van der Waals surface area contributed by atoms with Crippen LogP contribution in [-0.4, -0.2) is 96.7 Å². The van der Waals surface area contributed by atoms with Crippen LogP contribution in [0.25, 0.3) is 0 Å². The molecule has 0 fully saturated rings. The van der Waals surface area contributed by atoms with E-state index in [2.05, 4.69) is 90.2 Å². The quantitative estimate of drug-likeness (QED) is 0.0169. The highest BCUT2D eigenvalue weighted by molar-refractivity contribution is 7.47. The molecule has 0 saturated carbocycles. The Hall–Kier alpha value is -2.98. The fourth-order valence-corrected chi connectivity index (χ4v) is 12.9. The van der Waals surface area contributed by atoms with Crippen molar-refractivity contribution in [3.63, 3.8) is 0 Å². The molecule has 0 aromatic heterocycles. The second-order valence-electron chi connectivity index (χ2n) is 28.4. The number of carbonyl (C=O) groups is 4. The number of unbranched alkanes of at least 4 members (excludes halogenated alkanes) is 39. The van der Waals surface area contributed by atoms with E-state index < -0.39 is 97.5 Å². The lowest BCUT2D eigenvalue weighted by molar-refractivity contribution is -0.161. The SMILES string of the molecule is CCCCCC/C=C\C=C/CCCCCCCC(=O)O[C@H](COC(=O)CCCCCCCCCCCCCCCCCCC(C)C)COP(=O)(O)OCC(O)COP(=O)(O)OC[C@@H](COC(=O)CCCCCCCCCC(C)C)OC(=O)CCCCCCC/C=C\C=C/CCCCCC. The highest BCUT2D eigenvalue weighted by Gasteiger charge is 2.30. The lowest BCUT2D eigenvalue weighted by Gasteiger charge is -2.21. The second-order valence-corrected chi connectivity index (χ2v) is 31.3. The van der Waals surface area contributed by atoms with Crippen LogP contribution in [0.4, 0.5) is 0 Å². The molecule has 0 heterocycles. The van der Waals surface area contributed by atoms with Gasteiger partial charge in [-0.1, -0.05) is 315 Å². The van der Waals surface area contributed by atoms with E-state index >= 15 is 0 Å². The number of aliphatic hydroxyl groups excluding tert-OH is 1. The Morgan fingerprint density at radius 1 is 0.313 bits per heavy atom. The van der Waals surface area contributed by atoms with Gasteiger partial charge in [0, 0.05) is 25.7 Å². The molecule has 0 saturated heterocycles. The Labute approximate surface area is 604 Å². The number of hydrogen-bond acceptors (Lipinski definition) is 15. The van der Waals surface area contributed by atoms with Crippen molar-refractivity contribution in [2.45, 2.75) is 387 Å². The van der Waals surface area contributed by atoms with Crippen LogP contribution in [0, 0.1) is 11.8 Å². The molecule has 99 heavy (non-hydrogen) atoms. The monoisotopic (exact) mass is 1440 g/mol. The van der Waals surface area contributed by atoms with Crippen molar-refractivity contribution in [3.8, 4) is 0 Å². The van der Waals surface area contributed by atoms with Crippen molar-refractivity contribution in [1.82, 2.24) is 0 Å². The number of allylic oxidation sites excluding steroid dienone is 8. The summed E-state index contributed by atoms with van der Waals surface area (Å²) in [5.74, 6) is -0.663. The molecule has 0 aliphatic heterocycles. The van der Waals surface area contributed by atoms with Gasteiger partial charge in [0.2, 0.25) is 0 Å². The number of ether oxygens (including phenoxy) is 4. The third-order valence-electron chi connectivity index (χ3n) is 17.5. The third kappa shape index (κ3) is 73.1. The molecule has 3 N–H and O–H groups in total. The molecular formula is C80H148O17P2. The summed E-state index contributed by atoms with van der Waals surface area (Å²) >= 11 is 0. The average Bonchev–Trinajstić information content (AvgIpc) is 0.972. The van der Waals surface area contributed by atoms with Crippen LogP contribution in [0.2, 0.25) is 0 Å². The molecule has 19 heteroatoms. The van der Waals surface area contributed by atoms with Gasteiger partial charge in [-0.25, -0.2) is 9.13 Å². The zero-order valence-electron chi connectivity index (χ0n) is 63.8. The number of phosphoric ester groups is 2. The second kappa shape index (κ2) is 70.7. The number of esters is 4. The first-order valence-corrected chi connectivity index (χ1v) is 43.1. The summed E-state index contributed by atoms with van der Waals surface area (Å²) in [5, 5.41) is 10.6. The van der Waals surface area contributed by atoms with Gasteiger partial charge in [0.25, 0.3) is 0 Å². The first-order valence-electron chi connectivity index (χ1n) is 40.1. The molecule has 0 aliphatic rings. The maximum absolute atomic E-state index is 13.1. The maximum atomic E-state index is 13.1. The molecule has 0 aliphatic carbocycles. The van der Waals surface area contributed by atoms with Crippen LogP contribution in [0.5, 0.6) is 0 Å². The maximum Gasteiger partial charge on any atom is 0.472 e. The lowest BCUT2D eigenvalue weighted by Crippen LogP contribution is -2.30. The Morgan fingerprint density at radius 2 is 0.545 bits per heavy atom. The smallest absolute Gasteiger partial charge is 0.462 e. The van der Waals surface area contributed by atoms with Crippen LogP contribution in [-0.2, 0) is 65.4 Å². The van der Waals surface area contributed by atoms with Gasteiger partial charge < -0.3 is 33.8 Å². The summed E-state index contributed by atoms with van der Waals surface area (Å²) in [4.78, 5) is 72.9. The predicted octanol–water partition coefficient (Wildman–Crippen LogP) is 23.0. The van der Waals surface area contributed by atoms with E-state index in [1.54, 1.807) is 0 Å². The first kappa shape index (κ1) is 96.0. The standard InChI is InChI=1S/C80H148O17P2/c1-7-9-11-13-15-17-19-21-25-31-35-39-45-52-58-64-79(84)96-75(68-90-77(82)62-56-50-44-38-34-30-28-24-23-27-29-33-37-42-48-54-60-72(3)4)70-94-98(86,87)92-66-74(81)67-93-99(88,89)95-71-76(69-91-78(83)63-57-51-47-41-43-49-55-61-73(5)6)97-80(85)65-59-53-46-40-36-32-26-22-20-18-16-14-12-10-8-2/h17-22,25-26,72-76,81H,7-16,23-24,27-71H2,1-6H3,(H,86,87)(H,88,89)/b19-17-,20-18-,25-21-,26-22-/t74?,75-,76-/m1/s1. The third-order valence-corrected chi connectivity index (χ3v) is 19.4. The molecular weight excluding hydrogens is 1290 g/mol. The topological polar surface area (TPSA) is 237 Å². The average molecular weight is 1440 g/mol. The minimum Gasteiger partial charge on any atom is -0.462 e. The number of carbonyl (C=O) groups excluding carboxylic acids is 4. The molecule has 0 bridgehead atoms. The summed E-state index contributed by atoms with van der Waals surface area (Å²) in [6.45, 7) is 9.46. The highest BCUT2D eigenvalue weighted by Crippen LogP contribution is 2.45. The zero-order chi connectivity index (χ0) is 72.8. The number of hydrogen-bond donors (Lipinski definition) is 3. The van der Waals surface area contributed by atoms with Crippen molar-refractivity contribution in [2.75, 3.05) is 39.6 Å². The van der Waals surface area contributed by atoms with Gasteiger partial charge in [-0.3, -0.25) is 37.3 Å². The van der Waals surface area contributed by atoms with Crippen molar-refractivity contribution in [1.29, 1.82) is 0 Å². The Balaban J connectivity index is 5.29. The molecule has 17 nitrogen and oxygen atoms in total. The molecule has 3 unspecified atom stereocenters. The predicted molar refractivity (Wildman–Crippen MR) is 404 cm³/mol. The summed E-state index contributed by atoms with van der Waals surface area (Å²) in [7, 11) is -9.94. The molecule has 0 rings (SSSR count). The van der Waals surface area contributed by atoms with Gasteiger partial charge in [0.15, 0.2) is 12.2 Å². The lowest BCUT2D eigenvalue weighted by atomic mass is 10.0. The fraction of sp³-hybridized carbons (Fsp3) is 0.850. The van der Waals surface area contributed by atoms with Gasteiger partial charge in [0.05, 0.1) is 26.4 Å². The van der Waals surface area contributed by atoms with E-state index in [1.807, 2.05) is 0 Å². The van der Waals surface area contributed by atoms with Gasteiger partial charge in [-0.05, 0) is 88.9 Å². The van der Waals surface area contributed by atoms with Crippen molar-refractivity contribution in [2.24, 2.45) is 11.8 Å². The van der Waals surface area contributed by atoms with Gasteiger partial charge in [-0.15, -0.1) is 0 Å². The van der Waals surface area contributed by atoms with Crippen molar-refractivity contribution in [3.05, 3.63) is 48.6 Å². The Bertz CT molecular complexity index is 2100. The summed E-state index contributed by atoms with van der Waals surface area (Å²) in [6, 6.07) is 0. The summed E-state index contributed by atoms with van der Waals surface area (Å²) in [5.41, 5.74) is 0. The minimum absolute atomic E-state index is 0.0817. The summed E-state index contributed by atoms with van der Waals surface area (Å²) in [6.07, 6.45) is 65.5. The van der Waals surface area contributed by atoms with Gasteiger partial charge in [-0.2, -0.15) is 0 Å². The Kier molecular flexibility index (Phi) is 68.5. The van der Waals surface area contributed by atoms with E-state index in [0.717, 1.165) is 128 Å². The van der Waals surface area contributed by atoms with Crippen LogP contribution >= 0.6 is 15.6 Å². The van der Waals surface area contributed by atoms with E-state index in [4.69, 9.17) is 37.0 Å². The molecule has 0 aromatic rings. The van der Waals surface area contributed by atoms with Crippen LogP contribution in [0.15, 0.2) is 48.6 Å². The van der Waals surface area contributed by atoms with Crippen LogP contribution < -0.4 is 0 Å². The molecule has 580 valence electrons.